The van der Waals surface area contributed by atoms with Gasteiger partial charge in [-0.2, -0.15) is 13.9 Å². The van der Waals surface area contributed by atoms with E-state index in [-0.39, 0.29) is 36.6 Å². The molecule has 1 saturated heterocycles. The molecule has 13 heteroatoms. The van der Waals surface area contributed by atoms with Crippen molar-refractivity contribution in [3.05, 3.63) is 76.6 Å². The number of aromatic nitrogens is 2. The van der Waals surface area contributed by atoms with E-state index < -0.39 is 12.5 Å². The van der Waals surface area contributed by atoms with Crippen molar-refractivity contribution < 1.29 is 23.2 Å². The molecule has 0 saturated carbocycles. The minimum atomic E-state index is -2.88. The monoisotopic (exact) mass is 608 g/mol. The fourth-order valence-corrected chi connectivity index (χ4v) is 5.62. The highest BCUT2D eigenvalue weighted by Crippen LogP contribution is 2.35. The average Bonchev–Trinajstić information content (AvgIpc) is 3.41. The molecule has 0 bridgehead atoms. The highest BCUT2D eigenvalue weighted by atomic mass is 19.3. The van der Waals surface area contributed by atoms with E-state index in [1.807, 2.05) is 31.0 Å². The van der Waals surface area contributed by atoms with Crippen molar-refractivity contribution in [1.82, 2.24) is 29.8 Å². The second-order valence-corrected chi connectivity index (χ2v) is 11.6. The van der Waals surface area contributed by atoms with E-state index in [4.69, 9.17) is 0 Å². The Bertz CT molecular complexity index is 1500. The fraction of sp³-hybridized carbons (Fsp3) is 0.419. The Morgan fingerprint density at radius 1 is 1.00 bits per heavy atom. The predicted octanol–water partition coefficient (Wildman–Crippen LogP) is 3.81. The maximum atomic E-state index is 14.0. The zero-order chi connectivity index (χ0) is 31.5. The van der Waals surface area contributed by atoms with Gasteiger partial charge in [0.2, 0.25) is 0 Å². The number of nitrogens with zero attached hydrogens (tertiary/aromatic N) is 6. The molecule has 5 rings (SSSR count). The fourth-order valence-electron chi connectivity index (χ4n) is 5.62. The van der Waals surface area contributed by atoms with Gasteiger partial charge >= 0.3 is 12.6 Å². The van der Waals surface area contributed by atoms with Crippen molar-refractivity contribution in [2.75, 3.05) is 64.1 Å². The van der Waals surface area contributed by atoms with E-state index in [0.717, 1.165) is 24.3 Å². The molecule has 0 radical (unpaired) electrons. The normalized spacial score (nSPS) is 16.9. The summed E-state index contributed by atoms with van der Waals surface area (Å²) in [7, 11) is 5.39. The number of hydrogen-bond acceptors (Lipinski definition) is 6. The first kappa shape index (κ1) is 30.9. The SMILES string of the molecule is C[C@H]1CN(c2ccc(C(=O)N(C)C)cc2)Cc2c(C(=O)NCc3ccc(NC(=O)N4CCN(C)CC4)cc3)nn(C(F)F)c21. The van der Waals surface area contributed by atoms with Crippen LogP contribution in [0.4, 0.5) is 25.0 Å². The molecule has 4 amide bonds. The molecule has 2 aliphatic rings. The van der Waals surface area contributed by atoms with E-state index in [0.29, 0.717) is 46.8 Å². The van der Waals surface area contributed by atoms with Gasteiger partial charge in [-0.1, -0.05) is 19.1 Å². The number of nitrogens with one attached hydrogen (secondary N) is 2. The van der Waals surface area contributed by atoms with Crippen LogP contribution in [-0.2, 0) is 13.1 Å². The van der Waals surface area contributed by atoms with Crippen molar-refractivity contribution in [2.24, 2.45) is 0 Å². The van der Waals surface area contributed by atoms with E-state index in [2.05, 4.69) is 20.6 Å². The first-order valence-electron chi connectivity index (χ1n) is 14.6. The highest BCUT2D eigenvalue weighted by Gasteiger charge is 2.34. The number of amides is 4. The molecule has 3 aromatic rings. The van der Waals surface area contributed by atoms with Gasteiger partial charge in [-0.05, 0) is 49.0 Å². The summed E-state index contributed by atoms with van der Waals surface area (Å²) in [6.45, 7) is 2.76. The van der Waals surface area contributed by atoms with Crippen LogP contribution in [0.2, 0.25) is 0 Å². The third kappa shape index (κ3) is 6.67. The summed E-state index contributed by atoms with van der Waals surface area (Å²) in [6.07, 6.45) is 0. The average molecular weight is 609 g/mol. The Hall–Kier alpha value is -4.52. The third-order valence-electron chi connectivity index (χ3n) is 8.09. The molecular formula is C31H38F2N8O3. The molecule has 1 aromatic heterocycles. The van der Waals surface area contributed by atoms with Crippen molar-refractivity contribution in [3.63, 3.8) is 0 Å². The van der Waals surface area contributed by atoms with Crippen LogP contribution in [0.3, 0.4) is 0 Å². The van der Waals surface area contributed by atoms with Gasteiger partial charge in [-0.3, -0.25) is 9.59 Å². The molecule has 1 atom stereocenters. The van der Waals surface area contributed by atoms with Crippen molar-refractivity contribution in [1.29, 1.82) is 0 Å². The molecule has 11 nitrogen and oxygen atoms in total. The van der Waals surface area contributed by atoms with Crippen molar-refractivity contribution in [3.8, 4) is 0 Å². The van der Waals surface area contributed by atoms with E-state index in [1.54, 1.807) is 55.4 Å². The molecule has 234 valence electrons. The highest BCUT2D eigenvalue weighted by molar-refractivity contribution is 5.95. The van der Waals surface area contributed by atoms with Gasteiger partial charge in [0.15, 0.2) is 5.69 Å². The van der Waals surface area contributed by atoms with Gasteiger partial charge in [0.25, 0.3) is 11.8 Å². The minimum absolute atomic E-state index is 0.0349. The summed E-state index contributed by atoms with van der Waals surface area (Å²) in [5, 5.41) is 9.77. The molecule has 0 unspecified atom stereocenters. The Labute approximate surface area is 255 Å². The second kappa shape index (κ2) is 13.0. The summed E-state index contributed by atoms with van der Waals surface area (Å²) in [4.78, 5) is 45.6. The van der Waals surface area contributed by atoms with Crippen LogP contribution in [0.1, 0.15) is 57.1 Å². The van der Waals surface area contributed by atoms with Crippen LogP contribution >= 0.6 is 0 Å². The van der Waals surface area contributed by atoms with Crippen LogP contribution in [0.15, 0.2) is 48.5 Å². The number of likely N-dealkylation sites (N-methyl/N-ethyl adjacent to an activating group) is 1. The summed E-state index contributed by atoms with van der Waals surface area (Å²) < 4.78 is 28.7. The van der Waals surface area contributed by atoms with Crippen LogP contribution in [0.25, 0.3) is 0 Å². The first-order valence-corrected chi connectivity index (χ1v) is 14.6. The smallest absolute Gasteiger partial charge is 0.333 e. The number of carbonyl (C=O) groups is 3. The molecule has 44 heavy (non-hydrogen) atoms. The zero-order valence-corrected chi connectivity index (χ0v) is 25.4. The number of fused-ring (bicyclic) bond motifs is 1. The maximum Gasteiger partial charge on any atom is 0.333 e. The third-order valence-corrected chi connectivity index (χ3v) is 8.09. The van der Waals surface area contributed by atoms with Crippen LogP contribution in [0.5, 0.6) is 0 Å². The molecule has 2 aliphatic heterocycles. The number of rotatable bonds is 7. The number of benzene rings is 2. The molecule has 2 N–H and O–H groups in total. The summed E-state index contributed by atoms with van der Waals surface area (Å²) in [5.41, 5.74) is 3.54. The van der Waals surface area contributed by atoms with Gasteiger partial charge in [-0.15, -0.1) is 0 Å². The topological polar surface area (TPSA) is 106 Å². The quantitative estimate of drug-likeness (QED) is 0.423. The van der Waals surface area contributed by atoms with E-state index in [1.165, 1.54) is 4.90 Å². The van der Waals surface area contributed by atoms with Gasteiger partial charge in [0.1, 0.15) is 0 Å². The minimum Gasteiger partial charge on any atom is -0.366 e. The first-order chi connectivity index (χ1) is 21.0. The number of piperazine rings is 1. The van der Waals surface area contributed by atoms with E-state index >= 15 is 0 Å². The lowest BCUT2D eigenvalue weighted by Crippen LogP contribution is -2.48. The predicted molar refractivity (Wildman–Crippen MR) is 163 cm³/mol. The Morgan fingerprint density at radius 3 is 2.27 bits per heavy atom. The number of halogens is 2. The Kier molecular flexibility index (Phi) is 9.14. The summed E-state index contributed by atoms with van der Waals surface area (Å²) >= 11 is 0. The number of anilines is 2. The molecule has 0 aliphatic carbocycles. The summed E-state index contributed by atoms with van der Waals surface area (Å²) in [6, 6.07) is 14.1. The van der Waals surface area contributed by atoms with Crippen LogP contribution in [-0.4, -0.2) is 96.2 Å². The van der Waals surface area contributed by atoms with Gasteiger partial charge in [0, 0.05) is 88.3 Å². The van der Waals surface area contributed by atoms with Crippen LogP contribution < -0.4 is 15.5 Å². The van der Waals surface area contributed by atoms with Crippen molar-refractivity contribution in [2.45, 2.75) is 32.5 Å². The molecule has 1 fully saturated rings. The molecule has 0 spiro atoms. The number of urea groups is 1. The second-order valence-electron chi connectivity index (χ2n) is 11.6. The largest absolute Gasteiger partial charge is 0.366 e. The number of carbonyl (C=O) groups excluding carboxylic acids is 3. The lowest BCUT2D eigenvalue weighted by molar-refractivity contribution is 0.0516. The Morgan fingerprint density at radius 2 is 1.66 bits per heavy atom. The van der Waals surface area contributed by atoms with Gasteiger partial charge in [0.05, 0.1) is 5.69 Å². The number of alkyl halides is 2. The molecule has 3 heterocycles. The maximum absolute atomic E-state index is 14.0. The van der Waals surface area contributed by atoms with Gasteiger partial charge in [-0.25, -0.2) is 9.48 Å². The van der Waals surface area contributed by atoms with Gasteiger partial charge < -0.3 is 30.2 Å². The Balaban J connectivity index is 1.26. The molecular weight excluding hydrogens is 570 g/mol. The lowest BCUT2D eigenvalue weighted by atomic mass is 9.95. The summed E-state index contributed by atoms with van der Waals surface area (Å²) in [5.74, 6) is -0.986. The van der Waals surface area contributed by atoms with Crippen LogP contribution in [0, 0.1) is 0 Å². The van der Waals surface area contributed by atoms with E-state index in [9.17, 15) is 23.2 Å². The van der Waals surface area contributed by atoms with Crippen molar-refractivity contribution >= 4 is 29.2 Å². The zero-order valence-electron chi connectivity index (χ0n) is 25.4. The molecule has 2 aromatic carbocycles. The lowest BCUT2D eigenvalue weighted by Gasteiger charge is -2.33. The number of hydrogen-bond donors (Lipinski definition) is 2. The standard InChI is InChI=1S/C31H38F2N8O3/c1-20-18-40(24-11-7-22(8-12-24)29(43)37(2)3)19-25-26(36-41(27(20)25)30(32)33)28(42)34-17-21-5-9-23(10-6-21)35-31(44)39-15-13-38(4)14-16-39/h5-12,20,30H,13-19H2,1-4H3,(H,34,42)(H,35,44)/t20-/m0/s1.